The molecule has 2 aliphatic heterocycles. The van der Waals surface area contributed by atoms with Crippen molar-refractivity contribution in [3.8, 4) is 0 Å². The SMILES string of the molecule is Cc1noc(C)c1S(=O)(=O)N1CCCC(C(=O)NCC(c2ccccc2)N2CCC(C)CC2)C1. The van der Waals surface area contributed by atoms with E-state index < -0.39 is 10.0 Å². The van der Waals surface area contributed by atoms with Gasteiger partial charge in [0.1, 0.15) is 10.6 Å². The predicted molar refractivity (Wildman–Crippen MR) is 130 cm³/mol. The van der Waals surface area contributed by atoms with E-state index in [1.807, 2.05) is 18.2 Å². The molecule has 0 saturated carbocycles. The van der Waals surface area contributed by atoms with Gasteiger partial charge in [-0.25, -0.2) is 8.42 Å². The van der Waals surface area contributed by atoms with E-state index in [9.17, 15) is 13.2 Å². The molecule has 1 N–H and O–H groups in total. The molecule has 2 unspecified atom stereocenters. The highest BCUT2D eigenvalue weighted by molar-refractivity contribution is 7.89. The van der Waals surface area contributed by atoms with Gasteiger partial charge in [0.2, 0.25) is 15.9 Å². The second-order valence-electron chi connectivity index (χ2n) is 9.75. The normalized spacial score (nSPS) is 21.9. The fourth-order valence-electron chi connectivity index (χ4n) is 5.16. The number of hydrogen-bond acceptors (Lipinski definition) is 6. The van der Waals surface area contributed by atoms with E-state index in [-0.39, 0.29) is 35.1 Å². The summed E-state index contributed by atoms with van der Waals surface area (Å²) in [6.07, 6.45) is 3.65. The standard InChI is InChI=1S/C25H36N4O4S/c1-18-11-14-28(15-12-18)23(21-8-5-4-6-9-21)16-26-25(30)22-10-7-13-29(17-22)34(31,32)24-19(2)27-33-20(24)3/h4-6,8-9,18,22-23H,7,10-17H2,1-3H3,(H,26,30). The Bertz CT molecular complexity index is 1060. The number of sulfonamides is 1. The summed E-state index contributed by atoms with van der Waals surface area (Å²) in [6.45, 7) is 8.65. The molecule has 4 rings (SSSR count). The van der Waals surface area contributed by atoms with E-state index in [1.54, 1.807) is 13.8 Å². The zero-order chi connectivity index (χ0) is 24.3. The molecule has 2 aromatic rings. The molecule has 1 aromatic heterocycles. The van der Waals surface area contributed by atoms with Crippen LogP contribution >= 0.6 is 0 Å². The number of aromatic nitrogens is 1. The summed E-state index contributed by atoms with van der Waals surface area (Å²) in [5, 5.41) is 6.95. The molecule has 34 heavy (non-hydrogen) atoms. The molecule has 1 aromatic carbocycles. The lowest BCUT2D eigenvalue weighted by Crippen LogP contribution is -2.47. The number of carbonyl (C=O) groups is 1. The van der Waals surface area contributed by atoms with Crippen LogP contribution in [0.5, 0.6) is 0 Å². The highest BCUT2D eigenvalue weighted by Crippen LogP contribution is 2.29. The van der Waals surface area contributed by atoms with Crippen LogP contribution in [0.4, 0.5) is 0 Å². The van der Waals surface area contributed by atoms with Crippen molar-refractivity contribution in [1.82, 2.24) is 19.7 Å². The van der Waals surface area contributed by atoms with Crippen LogP contribution in [0.1, 0.15) is 55.7 Å². The van der Waals surface area contributed by atoms with Gasteiger partial charge in [-0.1, -0.05) is 42.4 Å². The zero-order valence-electron chi connectivity index (χ0n) is 20.4. The van der Waals surface area contributed by atoms with Crippen LogP contribution in [0.25, 0.3) is 0 Å². The third-order valence-electron chi connectivity index (χ3n) is 7.23. The first-order valence-corrected chi connectivity index (χ1v) is 13.7. The van der Waals surface area contributed by atoms with Crippen molar-refractivity contribution < 1.29 is 17.7 Å². The maximum absolute atomic E-state index is 13.2. The molecule has 2 atom stereocenters. The number of hydrogen-bond donors (Lipinski definition) is 1. The summed E-state index contributed by atoms with van der Waals surface area (Å²) in [5.74, 6) is 0.563. The fourth-order valence-corrected chi connectivity index (χ4v) is 6.98. The maximum atomic E-state index is 13.2. The summed E-state index contributed by atoms with van der Waals surface area (Å²) < 4.78 is 32.9. The van der Waals surface area contributed by atoms with Gasteiger partial charge in [-0.3, -0.25) is 9.69 Å². The number of rotatable bonds is 7. The van der Waals surface area contributed by atoms with E-state index in [2.05, 4.69) is 34.4 Å². The first-order valence-electron chi connectivity index (χ1n) is 12.3. The van der Waals surface area contributed by atoms with Gasteiger partial charge in [-0.2, -0.15) is 4.31 Å². The quantitative estimate of drug-likeness (QED) is 0.643. The molecule has 2 saturated heterocycles. The monoisotopic (exact) mass is 488 g/mol. The van der Waals surface area contributed by atoms with Crippen molar-refractivity contribution >= 4 is 15.9 Å². The molecule has 0 bridgehead atoms. The van der Waals surface area contributed by atoms with Gasteiger partial charge < -0.3 is 9.84 Å². The van der Waals surface area contributed by atoms with Crippen molar-refractivity contribution in [2.45, 2.75) is 57.4 Å². The van der Waals surface area contributed by atoms with Gasteiger partial charge >= 0.3 is 0 Å². The number of amides is 1. The van der Waals surface area contributed by atoms with Crippen LogP contribution in [0.15, 0.2) is 39.8 Å². The van der Waals surface area contributed by atoms with E-state index in [1.165, 1.54) is 9.87 Å². The van der Waals surface area contributed by atoms with Crippen molar-refractivity contribution in [3.63, 3.8) is 0 Å². The smallest absolute Gasteiger partial charge is 0.248 e. The number of aryl methyl sites for hydroxylation is 2. The largest absolute Gasteiger partial charge is 0.360 e. The van der Waals surface area contributed by atoms with Gasteiger partial charge in [0.05, 0.1) is 12.0 Å². The molecule has 9 heteroatoms. The number of nitrogens with one attached hydrogen (secondary N) is 1. The Morgan fingerprint density at radius 3 is 2.50 bits per heavy atom. The first kappa shape index (κ1) is 24.9. The Morgan fingerprint density at radius 1 is 1.15 bits per heavy atom. The molecule has 186 valence electrons. The number of piperidine rings is 2. The van der Waals surface area contributed by atoms with E-state index in [0.29, 0.717) is 31.6 Å². The Kier molecular flexibility index (Phi) is 7.74. The van der Waals surface area contributed by atoms with Gasteiger partial charge in [-0.05, 0) is 64.1 Å². The third-order valence-corrected chi connectivity index (χ3v) is 9.34. The maximum Gasteiger partial charge on any atom is 0.248 e. The Morgan fingerprint density at radius 2 is 1.85 bits per heavy atom. The average Bonchev–Trinajstić information content (AvgIpc) is 3.19. The highest BCUT2D eigenvalue weighted by atomic mass is 32.2. The highest BCUT2D eigenvalue weighted by Gasteiger charge is 2.37. The third kappa shape index (κ3) is 5.37. The summed E-state index contributed by atoms with van der Waals surface area (Å²) in [4.78, 5) is 15.8. The van der Waals surface area contributed by atoms with Gasteiger partial charge in [-0.15, -0.1) is 0 Å². The van der Waals surface area contributed by atoms with E-state index in [0.717, 1.165) is 31.8 Å². The lowest BCUT2D eigenvalue weighted by molar-refractivity contribution is -0.126. The lowest BCUT2D eigenvalue weighted by atomic mass is 9.95. The number of nitrogens with zero attached hydrogens (tertiary/aromatic N) is 3. The molecule has 2 aliphatic rings. The molecular weight excluding hydrogens is 452 g/mol. The molecular formula is C25H36N4O4S. The molecule has 1 amide bonds. The summed E-state index contributed by atoms with van der Waals surface area (Å²) in [7, 11) is -3.75. The van der Waals surface area contributed by atoms with Gasteiger partial charge in [0.25, 0.3) is 0 Å². The molecule has 0 spiro atoms. The van der Waals surface area contributed by atoms with Crippen molar-refractivity contribution in [2.75, 3.05) is 32.7 Å². The second-order valence-corrected chi connectivity index (χ2v) is 11.6. The van der Waals surface area contributed by atoms with Crippen LogP contribution in [-0.2, 0) is 14.8 Å². The van der Waals surface area contributed by atoms with Crippen LogP contribution in [0.2, 0.25) is 0 Å². The minimum absolute atomic E-state index is 0.0787. The molecule has 0 radical (unpaired) electrons. The Hall–Kier alpha value is -2.23. The van der Waals surface area contributed by atoms with Crippen molar-refractivity contribution in [2.24, 2.45) is 11.8 Å². The predicted octanol–water partition coefficient (Wildman–Crippen LogP) is 3.28. The first-order chi connectivity index (χ1) is 16.3. The molecule has 0 aliphatic carbocycles. The van der Waals surface area contributed by atoms with Crippen molar-refractivity contribution in [3.05, 3.63) is 47.3 Å². The van der Waals surface area contributed by atoms with E-state index >= 15 is 0 Å². The summed E-state index contributed by atoms with van der Waals surface area (Å²) in [5.41, 5.74) is 1.55. The summed E-state index contributed by atoms with van der Waals surface area (Å²) >= 11 is 0. The van der Waals surface area contributed by atoms with Crippen LogP contribution in [-0.4, -0.2) is 61.4 Å². The van der Waals surface area contributed by atoms with Gasteiger partial charge in [0.15, 0.2) is 5.76 Å². The number of carbonyl (C=O) groups excluding carboxylic acids is 1. The number of likely N-dealkylation sites (tertiary alicyclic amines) is 1. The van der Waals surface area contributed by atoms with E-state index in [4.69, 9.17) is 4.52 Å². The number of benzene rings is 1. The average molecular weight is 489 g/mol. The minimum Gasteiger partial charge on any atom is -0.360 e. The van der Waals surface area contributed by atoms with Crippen LogP contribution < -0.4 is 5.32 Å². The topological polar surface area (TPSA) is 95.8 Å². The van der Waals surface area contributed by atoms with Crippen molar-refractivity contribution in [1.29, 1.82) is 0 Å². The lowest BCUT2D eigenvalue weighted by Gasteiger charge is -2.37. The molecule has 2 fully saturated rings. The Labute approximate surface area is 202 Å². The van der Waals surface area contributed by atoms with Crippen LogP contribution in [0.3, 0.4) is 0 Å². The Balaban J connectivity index is 1.43. The molecule has 3 heterocycles. The minimum atomic E-state index is -3.75. The van der Waals surface area contributed by atoms with Crippen LogP contribution in [0, 0.1) is 25.7 Å². The second kappa shape index (κ2) is 10.6. The fraction of sp³-hybridized carbons (Fsp3) is 0.600. The van der Waals surface area contributed by atoms with Gasteiger partial charge in [0, 0.05) is 19.6 Å². The zero-order valence-corrected chi connectivity index (χ0v) is 21.2. The molecule has 8 nitrogen and oxygen atoms in total. The summed E-state index contributed by atoms with van der Waals surface area (Å²) in [6, 6.07) is 10.4.